The van der Waals surface area contributed by atoms with Crippen molar-refractivity contribution in [3.8, 4) is 0 Å². The van der Waals surface area contributed by atoms with E-state index in [9.17, 15) is 43.5 Å². The average Bonchev–Trinajstić information content (AvgIpc) is 2.19. The molecule has 0 amide bonds. The lowest BCUT2D eigenvalue weighted by Crippen LogP contribution is -2.30. The van der Waals surface area contributed by atoms with Crippen LogP contribution in [0.2, 0.25) is 0 Å². The number of carbonyl (C=O) groups excluding carboxylic acids is 3. The summed E-state index contributed by atoms with van der Waals surface area (Å²) in [4.78, 5) is 58.6. The minimum Gasteiger partial charge on any atom is -0.463 e. The molecule has 0 aliphatic carbocycles. The molecule has 0 spiro atoms. The van der Waals surface area contributed by atoms with Crippen molar-refractivity contribution in [3.05, 3.63) is 170 Å². The Kier molecular flexibility index (Phi) is 69.0. The molecule has 99 heavy (non-hydrogen) atoms. The van der Waals surface area contributed by atoms with Crippen molar-refractivity contribution >= 4 is 33.6 Å². The number of aliphatic hydroxyl groups excluding tert-OH is 2. The number of hydrogen-bond donors (Lipinski definition) is 4. The molecule has 0 bridgehead atoms. The van der Waals surface area contributed by atoms with Crippen LogP contribution in [0.4, 0.5) is 0 Å². The van der Waals surface area contributed by atoms with Crippen LogP contribution in [-0.2, 0) is 55.8 Å². The number of ether oxygens (including phenoxy) is 3. The zero-order valence-corrected chi connectivity index (χ0v) is 62.9. The Bertz CT molecular complexity index is 2480. The van der Waals surface area contributed by atoms with E-state index in [0.29, 0.717) is 25.7 Å². The van der Waals surface area contributed by atoms with Gasteiger partial charge in [-0.05, 0) is 148 Å². The monoisotopic (exact) mass is 1420 g/mol. The van der Waals surface area contributed by atoms with Gasteiger partial charge in [-0.15, -0.1) is 0 Å². The van der Waals surface area contributed by atoms with Gasteiger partial charge in [-0.1, -0.05) is 268 Å². The fourth-order valence-electron chi connectivity index (χ4n) is 9.26. The Hall–Kier alpha value is -5.09. The van der Waals surface area contributed by atoms with Crippen molar-refractivity contribution in [1.29, 1.82) is 0 Å². The van der Waals surface area contributed by atoms with Crippen LogP contribution in [0.5, 0.6) is 0 Å². The Morgan fingerprint density at radius 3 is 0.879 bits per heavy atom. The average molecular weight is 1420 g/mol. The predicted octanol–water partition coefficient (Wildman–Crippen LogP) is 21.6. The number of phosphoric acid groups is 2. The van der Waals surface area contributed by atoms with Gasteiger partial charge < -0.3 is 34.2 Å². The van der Waals surface area contributed by atoms with E-state index in [2.05, 4.69) is 179 Å². The summed E-state index contributed by atoms with van der Waals surface area (Å²) < 4.78 is 61.0. The number of unbranched alkanes of at least 4 members (excludes halogenated alkanes) is 18. The van der Waals surface area contributed by atoms with E-state index in [-0.39, 0.29) is 19.3 Å². The van der Waals surface area contributed by atoms with Gasteiger partial charge in [-0.2, -0.15) is 0 Å². The summed E-state index contributed by atoms with van der Waals surface area (Å²) in [5.41, 5.74) is 0. The smallest absolute Gasteiger partial charge is 0.463 e. The fourth-order valence-corrected chi connectivity index (χ4v) is 10.8. The molecular weight excluding hydrogens is 1290 g/mol. The highest BCUT2D eigenvalue weighted by Crippen LogP contribution is 2.45. The number of allylic oxidation sites excluding steroid dienone is 28. The van der Waals surface area contributed by atoms with Crippen molar-refractivity contribution < 1.29 is 75.8 Å². The topological polar surface area (TPSA) is 231 Å². The SMILES string of the molecule is CC/C=C\C/C=C\C/C=C\C/C=C\C/C=C\CCCCCCCCCC(=O)OCC(O)COP(=O)(O)OCC(O)COP(=O)(O)OCC(COC(=O)CCCCCCCCC/C=C\C/C=C\C/C=C\C/C=C\CCCCC)OC(=O)CCC/C=C\C/C=C\C/C=C\C/C=C\C/C=C\CC. The third kappa shape index (κ3) is 73.9. The Labute approximate surface area is 599 Å². The normalized spacial score (nSPS) is 15.0. The lowest BCUT2D eigenvalue weighted by molar-refractivity contribution is -0.161. The lowest BCUT2D eigenvalue weighted by Gasteiger charge is -2.21. The maximum atomic E-state index is 12.9. The molecule has 0 rings (SSSR count). The molecule has 0 saturated heterocycles. The first kappa shape index (κ1) is 93.9. The number of hydrogen-bond acceptors (Lipinski definition) is 14. The fraction of sp³-hybridized carbons (Fsp3) is 0.617. The molecule has 0 heterocycles. The Balaban J connectivity index is 4.74. The highest BCUT2D eigenvalue weighted by molar-refractivity contribution is 7.47. The van der Waals surface area contributed by atoms with Crippen LogP contribution < -0.4 is 0 Å². The molecule has 5 unspecified atom stereocenters. The Morgan fingerprint density at radius 1 is 0.293 bits per heavy atom. The van der Waals surface area contributed by atoms with Gasteiger partial charge in [-0.3, -0.25) is 32.5 Å². The van der Waals surface area contributed by atoms with Crippen molar-refractivity contribution in [1.82, 2.24) is 0 Å². The first-order chi connectivity index (χ1) is 48.2. The predicted molar refractivity (Wildman–Crippen MR) is 408 cm³/mol. The zero-order valence-electron chi connectivity index (χ0n) is 61.1. The highest BCUT2D eigenvalue weighted by Gasteiger charge is 2.29. The first-order valence-corrected chi connectivity index (χ1v) is 40.4. The summed E-state index contributed by atoms with van der Waals surface area (Å²) in [5, 5.41) is 20.6. The van der Waals surface area contributed by atoms with Crippen LogP contribution in [0.25, 0.3) is 0 Å². The van der Waals surface area contributed by atoms with Gasteiger partial charge in [-0.25, -0.2) is 9.13 Å². The highest BCUT2D eigenvalue weighted by atomic mass is 31.2. The minimum atomic E-state index is -4.96. The standard InChI is InChI=1S/C81H132O16P2/c1-4-7-10-13-16-19-22-25-28-31-33-35-37-39-41-44-46-49-52-55-58-61-64-67-79(84)91-70-76(82)71-93-98(87,88)94-72-77(83)73-95-99(89,90)96-75-78(97-81(86)69-66-63-60-57-54-51-48-43-30-27-24-21-18-15-12-9-6-3)74-92-80(85)68-65-62-59-56-53-50-47-45-42-40-38-36-34-32-29-26-23-20-17-14-11-8-5-2/h7,9-10,12,16-21,25-30,33-36,39-42,48,51,57,60,76-78,82-83H,4-6,8,11,13-15,22-24,31-32,37-38,43-47,49-50,52-56,58-59,61-75H2,1-3H3,(H,87,88)(H,89,90)/b10-7-,12-9-,19-16-,20-17-,21-18-,28-25-,29-26-,30-27-,35-33-,36-34-,41-39-,42-40-,51-48-,60-57-. The molecule has 0 aromatic rings. The van der Waals surface area contributed by atoms with Crippen molar-refractivity contribution in [3.63, 3.8) is 0 Å². The second-order valence-electron chi connectivity index (χ2n) is 24.3. The van der Waals surface area contributed by atoms with Crippen LogP contribution in [0.1, 0.15) is 265 Å². The van der Waals surface area contributed by atoms with Gasteiger partial charge in [0.2, 0.25) is 0 Å². The minimum absolute atomic E-state index is 0.0170. The molecule has 562 valence electrons. The zero-order chi connectivity index (χ0) is 72.3. The van der Waals surface area contributed by atoms with Gasteiger partial charge >= 0.3 is 33.6 Å². The van der Waals surface area contributed by atoms with Crippen molar-refractivity contribution in [2.24, 2.45) is 0 Å². The molecule has 4 N–H and O–H groups in total. The number of carbonyl (C=O) groups is 3. The number of phosphoric ester groups is 2. The van der Waals surface area contributed by atoms with Gasteiger partial charge in [0, 0.05) is 19.3 Å². The second kappa shape index (κ2) is 72.7. The van der Waals surface area contributed by atoms with Crippen LogP contribution in [0.15, 0.2) is 170 Å². The van der Waals surface area contributed by atoms with E-state index in [0.717, 1.165) is 173 Å². The maximum absolute atomic E-state index is 12.9. The molecular formula is C81H132O16P2. The van der Waals surface area contributed by atoms with Crippen LogP contribution in [-0.4, -0.2) is 95.9 Å². The van der Waals surface area contributed by atoms with Crippen LogP contribution >= 0.6 is 15.6 Å². The molecule has 0 radical (unpaired) electrons. The van der Waals surface area contributed by atoms with Crippen molar-refractivity contribution in [2.45, 2.75) is 283 Å². The van der Waals surface area contributed by atoms with Crippen LogP contribution in [0.3, 0.4) is 0 Å². The van der Waals surface area contributed by atoms with Gasteiger partial charge in [0.1, 0.15) is 25.4 Å². The maximum Gasteiger partial charge on any atom is 0.472 e. The summed E-state index contributed by atoms with van der Waals surface area (Å²) in [6.45, 7) is 2.30. The van der Waals surface area contributed by atoms with E-state index in [1.165, 1.54) is 25.7 Å². The van der Waals surface area contributed by atoms with E-state index in [1.807, 2.05) is 12.2 Å². The van der Waals surface area contributed by atoms with E-state index in [4.69, 9.17) is 32.3 Å². The molecule has 0 aliphatic heterocycles. The molecule has 0 aliphatic rings. The van der Waals surface area contributed by atoms with Gasteiger partial charge in [0.15, 0.2) is 6.10 Å². The molecule has 0 saturated carbocycles. The lowest BCUT2D eigenvalue weighted by atomic mass is 10.1. The summed E-state index contributed by atoms with van der Waals surface area (Å²) in [6.07, 6.45) is 91.1. The van der Waals surface area contributed by atoms with Crippen molar-refractivity contribution in [2.75, 3.05) is 39.6 Å². The second-order valence-corrected chi connectivity index (χ2v) is 27.2. The number of aliphatic hydroxyl groups is 2. The van der Waals surface area contributed by atoms with E-state index >= 15 is 0 Å². The number of rotatable bonds is 69. The summed E-state index contributed by atoms with van der Waals surface area (Å²) in [6, 6.07) is 0. The summed E-state index contributed by atoms with van der Waals surface area (Å²) in [5.74, 6) is -1.68. The molecule has 0 aromatic heterocycles. The molecule has 5 atom stereocenters. The van der Waals surface area contributed by atoms with Crippen LogP contribution in [0, 0.1) is 0 Å². The largest absolute Gasteiger partial charge is 0.472 e. The molecule has 0 aromatic carbocycles. The molecule has 18 heteroatoms. The van der Waals surface area contributed by atoms with E-state index in [1.54, 1.807) is 0 Å². The third-order valence-electron chi connectivity index (χ3n) is 14.9. The molecule has 16 nitrogen and oxygen atoms in total. The first-order valence-electron chi connectivity index (χ1n) is 37.4. The van der Waals surface area contributed by atoms with Gasteiger partial charge in [0.05, 0.1) is 26.4 Å². The Morgan fingerprint density at radius 2 is 0.545 bits per heavy atom. The summed E-state index contributed by atoms with van der Waals surface area (Å²) in [7, 11) is -9.83. The quantitative estimate of drug-likeness (QED) is 0.0146. The third-order valence-corrected chi connectivity index (χ3v) is 16.8. The van der Waals surface area contributed by atoms with E-state index < -0.39 is 91.5 Å². The molecule has 0 fully saturated rings. The van der Waals surface area contributed by atoms with Gasteiger partial charge in [0.25, 0.3) is 0 Å². The number of esters is 3. The summed E-state index contributed by atoms with van der Waals surface area (Å²) >= 11 is 0.